The first-order valence-corrected chi connectivity index (χ1v) is 41.6. The highest BCUT2D eigenvalue weighted by Crippen LogP contribution is 2.45. The molecule has 0 rings (SSSR count). The van der Waals surface area contributed by atoms with Crippen molar-refractivity contribution in [3.05, 3.63) is 0 Å². The number of esters is 4. The van der Waals surface area contributed by atoms with Gasteiger partial charge in [0.05, 0.1) is 26.4 Å². The summed E-state index contributed by atoms with van der Waals surface area (Å²) in [6, 6.07) is 0. The maximum Gasteiger partial charge on any atom is 0.472 e. The lowest BCUT2D eigenvalue weighted by Crippen LogP contribution is -2.30. The first-order chi connectivity index (χ1) is 45.0. The SMILES string of the molecule is CCCCCCCCCCCCCCCCCCCCCCCC(=O)O[C@H](COC(=O)CCCCCCCCCCCCCC)COP(=O)(O)OC[C@@H](O)COP(=O)(O)OC[C@@H](COC(=O)CCCCCCCCCCC)OC(=O)CCCCCCCCCCC(C)C. The van der Waals surface area contributed by atoms with E-state index in [0.29, 0.717) is 25.7 Å². The summed E-state index contributed by atoms with van der Waals surface area (Å²) in [6.07, 6.45) is 55.6. The molecule has 19 heteroatoms. The highest BCUT2D eigenvalue weighted by Gasteiger charge is 2.30. The molecule has 0 aromatic heterocycles. The number of aliphatic hydroxyl groups excluding tert-OH is 1. The summed E-state index contributed by atoms with van der Waals surface area (Å²) in [4.78, 5) is 72.6. The Hall–Kier alpha value is -1.94. The summed E-state index contributed by atoms with van der Waals surface area (Å²) in [5.41, 5.74) is 0. The quantitative estimate of drug-likeness (QED) is 0.0222. The van der Waals surface area contributed by atoms with Crippen molar-refractivity contribution in [3.8, 4) is 0 Å². The minimum atomic E-state index is -4.95. The fourth-order valence-electron chi connectivity index (χ4n) is 11.4. The molecule has 93 heavy (non-hydrogen) atoms. The second kappa shape index (κ2) is 67.3. The number of hydrogen-bond donors (Lipinski definition) is 3. The Morgan fingerprint density at radius 2 is 0.495 bits per heavy atom. The van der Waals surface area contributed by atoms with Crippen LogP contribution < -0.4 is 0 Å². The van der Waals surface area contributed by atoms with E-state index >= 15 is 0 Å². The third-order valence-electron chi connectivity index (χ3n) is 17.3. The lowest BCUT2D eigenvalue weighted by molar-refractivity contribution is -0.161. The van der Waals surface area contributed by atoms with Crippen molar-refractivity contribution in [2.45, 2.75) is 406 Å². The molecular weight excluding hydrogens is 1220 g/mol. The third kappa shape index (κ3) is 68.4. The molecule has 17 nitrogen and oxygen atoms in total. The van der Waals surface area contributed by atoms with Gasteiger partial charge in [-0.1, -0.05) is 336 Å². The Morgan fingerprint density at radius 1 is 0.290 bits per heavy atom. The van der Waals surface area contributed by atoms with Crippen LogP contribution in [0.3, 0.4) is 0 Å². The predicted octanol–water partition coefficient (Wildman–Crippen LogP) is 21.7. The van der Waals surface area contributed by atoms with Gasteiger partial charge in [0.15, 0.2) is 12.2 Å². The van der Waals surface area contributed by atoms with Crippen LogP contribution in [-0.2, 0) is 65.4 Å². The molecule has 0 spiro atoms. The van der Waals surface area contributed by atoms with E-state index in [0.717, 1.165) is 95.8 Å². The van der Waals surface area contributed by atoms with Gasteiger partial charge in [-0.2, -0.15) is 0 Å². The molecule has 0 aromatic rings. The van der Waals surface area contributed by atoms with Gasteiger partial charge < -0.3 is 33.8 Å². The van der Waals surface area contributed by atoms with Gasteiger partial charge in [0.1, 0.15) is 19.3 Å². The van der Waals surface area contributed by atoms with E-state index in [1.807, 2.05) is 0 Å². The molecule has 0 bridgehead atoms. The number of carbonyl (C=O) groups excluding carboxylic acids is 4. The molecule has 552 valence electrons. The highest BCUT2D eigenvalue weighted by atomic mass is 31.2. The zero-order valence-corrected chi connectivity index (χ0v) is 62.2. The van der Waals surface area contributed by atoms with E-state index in [-0.39, 0.29) is 25.7 Å². The topological polar surface area (TPSA) is 237 Å². The summed E-state index contributed by atoms with van der Waals surface area (Å²) in [5, 5.41) is 10.6. The van der Waals surface area contributed by atoms with E-state index < -0.39 is 97.5 Å². The Kier molecular flexibility index (Phi) is 65.9. The number of rotatable bonds is 74. The number of carbonyl (C=O) groups is 4. The maximum absolute atomic E-state index is 13.1. The summed E-state index contributed by atoms with van der Waals surface area (Å²) in [7, 11) is -9.90. The molecule has 0 aliphatic rings. The van der Waals surface area contributed by atoms with Crippen LogP contribution in [0.2, 0.25) is 0 Å². The van der Waals surface area contributed by atoms with Crippen LogP contribution in [-0.4, -0.2) is 96.7 Å². The average molecular weight is 1370 g/mol. The first-order valence-electron chi connectivity index (χ1n) is 38.6. The minimum absolute atomic E-state index is 0.105. The van der Waals surface area contributed by atoms with Crippen LogP contribution >= 0.6 is 15.6 Å². The van der Waals surface area contributed by atoms with Crippen molar-refractivity contribution < 1.29 is 80.2 Å². The Bertz CT molecular complexity index is 1790. The maximum atomic E-state index is 13.1. The van der Waals surface area contributed by atoms with E-state index in [9.17, 15) is 43.2 Å². The molecule has 0 amide bonds. The van der Waals surface area contributed by atoms with Crippen LogP contribution in [0.25, 0.3) is 0 Å². The molecule has 5 atom stereocenters. The number of phosphoric acid groups is 2. The second-order valence-corrected chi connectivity index (χ2v) is 30.1. The van der Waals surface area contributed by atoms with Gasteiger partial charge >= 0.3 is 39.5 Å². The smallest absolute Gasteiger partial charge is 0.462 e. The molecule has 0 saturated carbocycles. The monoisotopic (exact) mass is 1370 g/mol. The van der Waals surface area contributed by atoms with Gasteiger partial charge in [-0.25, -0.2) is 9.13 Å². The van der Waals surface area contributed by atoms with Gasteiger partial charge in [0, 0.05) is 25.7 Å². The van der Waals surface area contributed by atoms with E-state index in [1.54, 1.807) is 0 Å². The number of ether oxygens (including phenoxy) is 4. The summed E-state index contributed by atoms with van der Waals surface area (Å²) in [5.74, 6) is -1.40. The Morgan fingerprint density at radius 3 is 0.731 bits per heavy atom. The number of phosphoric ester groups is 2. The molecular formula is C74H144O17P2. The van der Waals surface area contributed by atoms with Crippen LogP contribution in [0.5, 0.6) is 0 Å². The molecule has 0 aliphatic carbocycles. The Labute approximate surface area is 568 Å². The van der Waals surface area contributed by atoms with E-state index in [4.69, 9.17) is 37.0 Å². The van der Waals surface area contributed by atoms with Gasteiger partial charge in [-0.05, 0) is 31.6 Å². The molecule has 3 N–H and O–H groups in total. The van der Waals surface area contributed by atoms with E-state index in [1.165, 1.54) is 212 Å². The van der Waals surface area contributed by atoms with Crippen molar-refractivity contribution in [2.24, 2.45) is 5.92 Å². The average Bonchev–Trinajstić information content (AvgIpc) is 3.28. The summed E-state index contributed by atoms with van der Waals surface area (Å²) < 4.78 is 68.4. The van der Waals surface area contributed by atoms with Gasteiger partial charge in [0.25, 0.3) is 0 Å². The molecule has 2 unspecified atom stereocenters. The number of hydrogen-bond acceptors (Lipinski definition) is 15. The van der Waals surface area contributed by atoms with Crippen molar-refractivity contribution >= 4 is 39.5 Å². The number of unbranched alkanes of at least 4 members (excludes halogenated alkanes) is 46. The summed E-state index contributed by atoms with van der Waals surface area (Å²) >= 11 is 0. The van der Waals surface area contributed by atoms with Crippen LogP contribution in [0.15, 0.2) is 0 Å². The molecule has 0 heterocycles. The zero-order chi connectivity index (χ0) is 68.4. The fourth-order valence-corrected chi connectivity index (χ4v) is 12.9. The van der Waals surface area contributed by atoms with Gasteiger partial charge in [0.2, 0.25) is 0 Å². The fraction of sp³-hybridized carbons (Fsp3) is 0.946. The molecule has 0 aliphatic heterocycles. The lowest BCUT2D eigenvalue weighted by atomic mass is 10.0. The van der Waals surface area contributed by atoms with Crippen molar-refractivity contribution in [1.29, 1.82) is 0 Å². The Balaban J connectivity index is 5.17. The van der Waals surface area contributed by atoms with Crippen LogP contribution in [0.4, 0.5) is 0 Å². The summed E-state index contributed by atoms with van der Waals surface area (Å²) in [6.45, 7) is 7.21. The normalized spacial score (nSPS) is 14.0. The van der Waals surface area contributed by atoms with Crippen LogP contribution in [0, 0.1) is 5.92 Å². The van der Waals surface area contributed by atoms with Crippen molar-refractivity contribution in [2.75, 3.05) is 39.6 Å². The minimum Gasteiger partial charge on any atom is -0.462 e. The molecule has 0 saturated heterocycles. The molecule has 0 fully saturated rings. The second-order valence-electron chi connectivity index (χ2n) is 27.2. The first kappa shape index (κ1) is 91.1. The van der Waals surface area contributed by atoms with Crippen molar-refractivity contribution in [3.63, 3.8) is 0 Å². The standard InChI is InChI=1S/C74H144O17P2/c1-6-9-12-15-18-21-23-25-26-27-28-29-30-31-32-33-35-38-44-49-54-59-73(78)90-69(64-85-72(77)58-53-48-43-37-34-24-22-19-16-13-10-7-2)65-88-92(80,81)86-61-68(75)62-87-93(82,83)89-66-70(63-84-71(76)57-52-47-42-36-20-17-14-11-8-3)91-74(79)60-55-50-45-40-39-41-46-51-56-67(4)5/h67-70,75H,6-66H2,1-5H3,(H,80,81)(H,82,83)/t68-,69-,70-/m1/s1. The number of aliphatic hydroxyl groups is 1. The van der Waals surface area contributed by atoms with Crippen molar-refractivity contribution in [1.82, 2.24) is 0 Å². The largest absolute Gasteiger partial charge is 0.472 e. The van der Waals surface area contributed by atoms with Gasteiger partial charge in [-0.15, -0.1) is 0 Å². The lowest BCUT2D eigenvalue weighted by Gasteiger charge is -2.21. The highest BCUT2D eigenvalue weighted by molar-refractivity contribution is 7.47. The zero-order valence-electron chi connectivity index (χ0n) is 60.4. The van der Waals surface area contributed by atoms with Crippen LogP contribution in [0.1, 0.15) is 388 Å². The van der Waals surface area contributed by atoms with Gasteiger partial charge in [-0.3, -0.25) is 37.3 Å². The molecule has 0 radical (unpaired) electrons. The molecule has 0 aromatic carbocycles. The predicted molar refractivity (Wildman–Crippen MR) is 377 cm³/mol. The van der Waals surface area contributed by atoms with E-state index in [2.05, 4.69) is 34.6 Å². The third-order valence-corrected chi connectivity index (χ3v) is 19.2.